The molecule has 2 heterocycles. The van der Waals surface area contributed by atoms with Gasteiger partial charge in [-0.25, -0.2) is 17.7 Å². The first kappa shape index (κ1) is 18.7. The number of aromatic nitrogens is 2. The predicted octanol–water partition coefficient (Wildman–Crippen LogP) is 2.63. The second-order valence-corrected chi connectivity index (χ2v) is 7.43. The van der Waals surface area contributed by atoms with E-state index in [0.29, 0.717) is 5.52 Å². The highest BCUT2D eigenvalue weighted by Crippen LogP contribution is 2.27. The average molecular weight is 389 g/mol. The molecule has 0 aliphatic heterocycles. The first-order valence-electron chi connectivity index (χ1n) is 8.17. The number of pyridine rings is 1. The Kier molecular flexibility index (Phi) is 5.04. The maximum absolute atomic E-state index is 12.8. The Morgan fingerprint density at radius 1 is 1.26 bits per heavy atom. The summed E-state index contributed by atoms with van der Waals surface area (Å²) < 4.78 is 39.8. The van der Waals surface area contributed by atoms with Gasteiger partial charge in [-0.15, -0.1) is 0 Å². The molecule has 3 rings (SSSR count). The molecular weight excluding hydrogens is 370 g/mol. The number of methoxy groups -OCH3 is 1. The van der Waals surface area contributed by atoms with Gasteiger partial charge in [0.05, 0.1) is 31.1 Å². The van der Waals surface area contributed by atoms with Crippen LogP contribution in [0.5, 0.6) is 5.75 Å². The van der Waals surface area contributed by atoms with Crippen molar-refractivity contribution in [1.82, 2.24) is 9.61 Å². The zero-order valence-corrected chi connectivity index (χ0v) is 15.9. The van der Waals surface area contributed by atoms with E-state index in [1.807, 2.05) is 0 Å². The van der Waals surface area contributed by atoms with E-state index >= 15 is 0 Å². The number of sulfonamides is 1. The van der Waals surface area contributed by atoms with Crippen LogP contribution in [-0.2, 0) is 14.8 Å². The lowest BCUT2D eigenvalue weighted by atomic mass is 10.2. The monoisotopic (exact) mass is 389 g/mol. The van der Waals surface area contributed by atoms with Crippen molar-refractivity contribution in [2.75, 3.05) is 18.4 Å². The van der Waals surface area contributed by atoms with Gasteiger partial charge in [0.25, 0.3) is 10.0 Å². The number of ether oxygens (including phenoxy) is 2. The number of hydrogen-bond acceptors (Lipinski definition) is 6. The number of hydrogen-bond donors (Lipinski definition) is 1. The Labute approximate surface area is 156 Å². The Morgan fingerprint density at radius 3 is 2.74 bits per heavy atom. The van der Waals surface area contributed by atoms with E-state index in [1.54, 1.807) is 38.2 Å². The highest BCUT2D eigenvalue weighted by Gasteiger charge is 2.21. The molecule has 0 unspecified atom stereocenters. The Balaban J connectivity index is 2.00. The molecule has 9 heteroatoms. The summed E-state index contributed by atoms with van der Waals surface area (Å²) in [5.41, 5.74) is 1.76. The molecular formula is C18H19N3O5S. The predicted molar refractivity (Wildman–Crippen MR) is 99.7 cm³/mol. The lowest BCUT2D eigenvalue weighted by molar-refractivity contribution is 0.0528. The van der Waals surface area contributed by atoms with Crippen LogP contribution in [0.4, 0.5) is 5.69 Å². The van der Waals surface area contributed by atoms with Gasteiger partial charge in [-0.05, 0) is 43.7 Å². The minimum absolute atomic E-state index is 0.0315. The van der Waals surface area contributed by atoms with Gasteiger partial charge in [0, 0.05) is 6.20 Å². The molecule has 0 saturated carbocycles. The van der Waals surface area contributed by atoms with Gasteiger partial charge in [0.2, 0.25) is 0 Å². The van der Waals surface area contributed by atoms with Crippen molar-refractivity contribution in [2.24, 2.45) is 0 Å². The van der Waals surface area contributed by atoms with Crippen LogP contribution in [0.2, 0.25) is 0 Å². The van der Waals surface area contributed by atoms with Crippen molar-refractivity contribution >= 4 is 27.2 Å². The molecule has 0 saturated heterocycles. The van der Waals surface area contributed by atoms with Gasteiger partial charge in [-0.1, -0.05) is 6.07 Å². The number of anilines is 1. The number of rotatable bonds is 6. The van der Waals surface area contributed by atoms with Crippen LogP contribution in [0.1, 0.15) is 22.8 Å². The van der Waals surface area contributed by atoms with E-state index in [4.69, 9.17) is 9.47 Å². The topological polar surface area (TPSA) is 99.0 Å². The molecule has 27 heavy (non-hydrogen) atoms. The summed E-state index contributed by atoms with van der Waals surface area (Å²) >= 11 is 0. The van der Waals surface area contributed by atoms with Crippen molar-refractivity contribution in [3.05, 3.63) is 53.9 Å². The number of aryl methyl sites for hydroxylation is 1. The maximum Gasteiger partial charge on any atom is 0.341 e. The fourth-order valence-electron chi connectivity index (χ4n) is 2.61. The lowest BCUT2D eigenvalue weighted by Crippen LogP contribution is -2.14. The van der Waals surface area contributed by atoms with Crippen molar-refractivity contribution in [3.63, 3.8) is 0 Å². The highest BCUT2D eigenvalue weighted by molar-refractivity contribution is 7.92. The summed E-state index contributed by atoms with van der Waals surface area (Å²) in [7, 11) is -2.48. The quantitative estimate of drug-likeness (QED) is 0.651. The lowest BCUT2D eigenvalue weighted by Gasteiger charge is -2.12. The van der Waals surface area contributed by atoms with E-state index in [-0.39, 0.29) is 28.5 Å². The van der Waals surface area contributed by atoms with Crippen molar-refractivity contribution in [3.8, 4) is 5.75 Å². The third kappa shape index (κ3) is 3.72. The Hall–Kier alpha value is -3.07. The van der Waals surface area contributed by atoms with E-state index in [1.165, 1.54) is 30.0 Å². The SMILES string of the molecule is CCOC(=O)c1cnn2ccc(NS(=O)(=O)c3cc(C)ccc3OC)cc12. The first-order chi connectivity index (χ1) is 12.9. The number of esters is 1. The van der Waals surface area contributed by atoms with Crippen LogP contribution < -0.4 is 9.46 Å². The van der Waals surface area contributed by atoms with Gasteiger partial charge in [-0.3, -0.25) is 4.72 Å². The van der Waals surface area contributed by atoms with Crippen LogP contribution >= 0.6 is 0 Å². The van der Waals surface area contributed by atoms with Gasteiger partial charge in [0.15, 0.2) is 0 Å². The number of benzene rings is 1. The average Bonchev–Trinajstić information content (AvgIpc) is 3.05. The van der Waals surface area contributed by atoms with Crippen LogP contribution in [0, 0.1) is 6.92 Å². The molecule has 0 radical (unpaired) electrons. The van der Waals surface area contributed by atoms with Crippen LogP contribution in [0.25, 0.3) is 5.52 Å². The molecule has 2 aromatic heterocycles. The van der Waals surface area contributed by atoms with Gasteiger partial charge < -0.3 is 9.47 Å². The van der Waals surface area contributed by atoms with Crippen LogP contribution in [0.15, 0.2) is 47.6 Å². The van der Waals surface area contributed by atoms with E-state index in [2.05, 4.69) is 9.82 Å². The third-order valence-corrected chi connectivity index (χ3v) is 5.28. The second kappa shape index (κ2) is 7.28. The normalized spacial score (nSPS) is 11.4. The molecule has 0 amide bonds. The smallest absolute Gasteiger partial charge is 0.341 e. The van der Waals surface area contributed by atoms with Crippen molar-refractivity contribution < 1.29 is 22.7 Å². The standard InChI is InChI=1S/C18H19N3O5S/c1-4-26-18(22)14-11-19-21-8-7-13(10-15(14)21)20-27(23,24)17-9-12(2)5-6-16(17)25-3/h5-11,20H,4H2,1-3H3. The van der Waals surface area contributed by atoms with Crippen molar-refractivity contribution in [2.45, 2.75) is 18.7 Å². The highest BCUT2D eigenvalue weighted by atomic mass is 32.2. The number of carbonyl (C=O) groups is 1. The van der Waals surface area contributed by atoms with E-state index in [0.717, 1.165) is 5.56 Å². The molecule has 1 aromatic carbocycles. The maximum atomic E-state index is 12.8. The Bertz CT molecular complexity index is 1110. The number of nitrogens with one attached hydrogen (secondary N) is 1. The molecule has 0 fully saturated rings. The fraction of sp³-hybridized carbons (Fsp3) is 0.222. The van der Waals surface area contributed by atoms with E-state index < -0.39 is 16.0 Å². The number of nitrogens with zero attached hydrogens (tertiary/aromatic N) is 2. The number of fused-ring (bicyclic) bond motifs is 1. The largest absolute Gasteiger partial charge is 0.495 e. The summed E-state index contributed by atoms with van der Waals surface area (Å²) in [4.78, 5) is 12.1. The second-order valence-electron chi connectivity index (χ2n) is 5.78. The molecule has 142 valence electrons. The molecule has 0 bridgehead atoms. The molecule has 1 N–H and O–H groups in total. The van der Waals surface area contributed by atoms with Crippen LogP contribution in [0.3, 0.4) is 0 Å². The third-order valence-electron chi connectivity index (χ3n) is 3.88. The van der Waals surface area contributed by atoms with E-state index in [9.17, 15) is 13.2 Å². The van der Waals surface area contributed by atoms with Gasteiger partial charge in [-0.2, -0.15) is 5.10 Å². The van der Waals surface area contributed by atoms with Gasteiger partial charge >= 0.3 is 5.97 Å². The first-order valence-corrected chi connectivity index (χ1v) is 9.66. The van der Waals surface area contributed by atoms with Crippen molar-refractivity contribution in [1.29, 1.82) is 0 Å². The summed E-state index contributed by atoms with van der Waals surface area (Å²) in [5.74, 6) is -0.279. The molecule has 0 atom stereocenters. The minimum atomic E-state index is -3.89. The molecule has 0 aliphatic rings. The summed E-state index contributed by atoms with van der Waals surface area (Å²) in [6.45, 7) is 3.73. The van der Waals surface area contributed by atoms with Crippen LogP contribution in [-0.4, -0.2) is 37.7 Å². The Morgan fingerprint density at radius 2 is 2.04 bits per heavy atom. The summed E-state index contributed by atoms with van der Waals surface area (Å²) in [6.07, 6.45) is 2.94. The zero-order chi connectivity index (χ0) is 19.6. The molecule has 0 aliphatic carbocycles. The fourth-order valence-corrected chi connectivity index (χ4v) is 3.92. The molecule has 8 nitrogen and oxygen atoms in total. The minimum Gasteiger partial charge on any atom is -0.495 e. The number of carbonyl (C=O) groups excluding carboxylic acids is 1. The molecule has 3 aromatic rings. The molecule has 0 spiro atoms. The summed E-state index contributed by atoms with van der Waals surface area (Å²) in [6, 6.07) is 7.97. The summed E-state index contributed by atoms with van der Waals surface area (Å²) in [5, 5.41) is 4.08. The van der Waals surface area contributed by atoms with Gasteiger partial charge in [0.1, 0.15) is 16.2 Å². The zero-order valence-electron chi connectivity index (χ0n) is 15.1.